The normalized spacial score (nSPS) is 11.7. The first-order valence-electron chi connectivity index (χ1n) is 9.57. The number of benzene rings is 1. The molecule has 156 valence electrons. The Morgan fingerprint density at radius 1 is 1.16 bits per heavy atom. The Bertz CT molecular complexity index is 1400. The van der Waals surface area contributed by atoms with Gasteiger partial charge in [-0.1, -0.05) is 17.3 Å². The average Bonchev–Trinajstić information content (AvgIpc) is 3.50. The molecule has 5 rings (SSSR count). The number of ether oxygens (including phenoxy) is 1. The molecule has 0 aliphatic rings. The number of rotatable bonds is 6. The molecule has 4 heterocycles. The lowest BCUT2D eigenvalue weighted by Crippen LogP contribution is -1.98. The number of aryl methyl sites for hydroxylation is 1. The van der Waals surface area contributed by atoms with E-state index in [1.54, 1.807) is 41.7 Å². The molecule has 4 aromatic heterocycles. The third-order valence-electron chi connectivity index (χ3n) is 5.09. The Labute approximate surface area is 181 Å². The van der Waals surface area contributed by atoms with Crippen LogP contribution < -0.4 is 4.74 Å². The van der Waals surface area contributed by atoms with Gasteiger partial charge < -0.3 is 9.57 Å². The minimum Gasteiger partial charge on any atom is -0.496 e. The highest BCUT2D eigenvalue weighted by Crippen LogP contribution is 2.30. The van der Waals surface area contributed by atoms with Crippen molar-refractivity contribution in [1.29, 1.82) is 0 Å². The lowest BCUT2D eigenvalue weighted by molar-refractivity contribution is 0.126. The van der Waals surface area contributed by atoms with Gasteiger partial charge in [-0.25, -0.2) is 19.5 Å². The largest absolute Gasteiger partial charge is 0.496 e. The van der Waals surface area contributed by atoms with Crippen LogP contribution in [-0.2, 0) is 11.4 Å². The van der Waals surface area contributed by atoms with E-state index < -0.39 is 0 Å². The van der Waals surface area contributed by atoms with Crippen molar-refractivity contribution in [3.8, 4) is 10.9 Å². The summed E-state index contributed by atoms with van der Waals surface area (Å²) >= 11 is 1.57. The number of thiazole rings is 1. The van der Waals surface area contributed by atoms with Crippen molar-refractivity contribution >= 4 is 34.2 Å². The molecule has 0 unspecified atom stereocenters. The molecule has 0 aliphatic heterocycles. The zero-order valence-electron chi connectivity index (χ0n) is 17.2. The van der Waals surface area contributed by atoms with E-state index in [1.165, 1.54) is 0 Å². The maximum atomic E-state index is 5.42. The Balaban J connectivity index is 1.45. The van der Waals surface area contributed by atoms with E-state index in [1.807, 2.05) is 29.6 Å². The molecule has 5 aromatic rings. The second kappa shape index (κ2) is 7.80. The fourth-order valence-corrected chi connectivity index (χ4v) is 4.18. The average molecular weight is 433 g/mol. The molecule has 0 bridgehead atoms. The molecule has 0 radical (unpaired) electrons. The second-order valence-corrected chi connectivity index (χ2v) is 7.72. The van der Waals surface area contributed by atoms with Crippen LogP contribution in [0, 0.1) is 13.8 Å². The third-order valence-corrected chi connectivity index (χ3v) is 5.84. The van der Waals surface area contributed by atoms with Gasteiger partial charge in [-0.15, -0.1) is 16.4 Å². The summed E-state index contributed by atoms with van der Waals surface area (Å²) in [7, 11) is 1.62. The van der Waals surface area contributed by atoms with Crippen molar-refractivity contribution in [2.45, 2.75) is 20.5 Å². The number of methoxy groups -OCH3 is 1. The zero-order chi connectivity index (χ0) is 21.4. The molecule has 0 aliphatic carbocycles. The smallest absolute Gasteiger partial charge is 0.195 e. The molecule has 0 fully saturated rings. The third kappa shape index (κ3) is 3.30. The number of hydrogen-bond donors (Lipinski definition) is 0. The molecular formula is C21H19N7O2S. The van der Waals surface area contributed by atoms with E-state index in [-0.39, 0.29) is 6.61 Å². The first-order valence-corrected chi connectivity index (χ1v) is 10.5. The highest BCUT2D eigenvalue weighted by molar-refractivity contribution is 7.12. The quantitative estimate of drug-likeness (QED) is 0.300. The van der Waals surface area contributed by atoms with Gasteiger partial charge in [0.15, 0.2) is 28.9 Å². The van der Waals surface area contributed by atoms with Crippen LogP contribution in [-0.4, -0.2) is 42.5 Å². The molecule has 31 heavy (non-hydrogen) atoms. The van der Waals surface area contributed by atoms with Gasteiger partial charge in [-0.05, 0) is 31.5 Å². The van der Waals surface area contributed by atoms with Crippen LogP contribution in [0.15, 0.2) is 47.3 Å². The lowest BCUT2D eigenvalue weighted by Gasteiger charge is -2.02. The van der Waals surface area contributed by atoms with Crippen LogP contribution in [0.1, 0.15) is 22.6 Å². The number of fused-ring (bicyclic) bond motifs is 3. The van der Waals surface area contributed by atoms with E-state index in [4.69, 9.17) is 9.57 Å². The monoisotopic (exact) mass is 433 g/mol. The highest BCUT2D eigenvalue weighted by atomic mass is 32.1. The molecule has 0 saturated heterocycles. The van der Waals surface area contributed by atoms with Crippen LogP contribution in [0.5, 0.6) is 5.75 Å². The Hall–Kier alpha value is -3.79. The predicted octanol–water partition coefficient (Wildman–Crippen LogP) is 3.70. The molecule has 1 aromatic carbocycles. The first kappa shape index (κ1) is 19.2. The Kier molecular flexibility index (Phi) is 4.83. The summed E-state index contributed by atoms with van der Waals surface area (Å²) in [4.78, 5) is 19.2. The van der Waals surface area contributed by atoms with E-state index in [2.05, 4.69) is 43.6 Å². The van der Waals surface area contributed by atoms with Crippen molar-refractivity contribution in [3.63, 3.8) is 0 Å². The minimum atomic E-state index is 0.139. The van der Waals surface area contributed by atoms with Crippen molar-refractivity contribution in [2.75, 3.05) is 7.11 Å². The van der Waals surface area contributed by atoms with Crippen LogP contribution in [0.25, 0.3) is 21.8 Å². The summed E-state index contributed by atoms with van der Waals surface area (Å²) in [6, 6.07) is 7.58. The number of para-hydroxylation sites is 1. The number of hydrogen-bond acceptors (Lipinski definition) is 8. The molecule has 0 spiro atoms. The maximum absolute atomic E-state index is 5.42. The summed E-state index contributed by atoms with van der Waals surface area (Å²) < 4.78 is 9.03. The van der Waals surface area contributed by atoms with Gasteiger partial charge in [0.25, 0.3) is 0 Å². The molecule has 9 nitrogen and oxygen atoms in total. The van der Waals surface area contributed by atoms with Gasteiger partial charge >= 0.3 is 0 Å². The molecule has 10 heteroatoms. The van der Waals surface area contributed by atoms with Crippen molar-refractivity contribution in [3.05, 3.63) is 64.8 Å². The summed E-state index contributed by atoms with van der Waals surface area (Å²) in [5.41, 5.74) is 4.54. The summed E-state index contributed by atoms with van der Waals surface area (Å²) in [6.07, 6.45) is 5.06. The van der Waals surface area contributed by atoms with Gasteiger partial charge in [0.05, 0.1) is 18.7 Å². The first-order chi connectivity index (χ1) is 15.2. The van der Waals surface area contributed by atoms with Crippen LogP contribution >= 0.6 is 11.3 Å². The molecule has 0 atom stereocenters. The van der Waals surface area contributed by atoms with Crippen LogP contribution in [0.2, 0.25) is 0 Å². The second-order valence-electron chi connectivity index (χ2n) is 6.85. The van der Waals surface area contributed by atoms with Crippen LogP contribution in [0.3, 0.4) is 0 Å². The number of oxime groups is 1. The van der Waals surface area contributed by atoms with Gasteiger partial charge in [-0.2, -0.15) is 0 Å². The number of nitrogens with zero attached hydrogens (tertiary/aromatic N) is 7. The number of aromatic nitrogens is 6. The van der Waals surface area contributed by atoms with Gasteiger partial charge in [0, 0.05) is 22.8 Å². The Morgan fingerprint density at radius 2 is 2.03 bits per heavy atom. The van der Waals surface area contributed by atoms with E-state index in [9.17, 15) is 0 Å². The van der Waals surface area contributed by atoms with Gasteiger partial charge in [0.1, 0.15) is 12.1 Å². The van der Waals surface area contributed by atoms with Gasteiger partial charge in [0.2, 0.25) is 0 Å². The maximum Gasteiger partial charge on any atom is 0.195 e. The summed E-state index contributed by atoms with van der Waals surface area (Å²) in [5.74, 6) is 1.25. The predicted molar refractivity (Wildman–Crippen MR) is 118 cm³/mol. The van der Waals surface area contributed by atoms with Crippen molar-refractivity contribution in [2.24, 2.45) is 5.16 Å². The molecule has 0 amide bonds. The zero-order valence-corrected chi connectivity index (χ0v) is 18.0. The van der Waals surface area contributed by atoms with E-state index in [0.717, 1.165) is 44.4 Å². The van der Waals surface area contributed by atoms with E-state index >= 15 is 0 Å². The highest BCUT2D eigenvalue weighted by Gasteiger charge is 2.19. The summed E-state index contributed by atoms with van der Waals surface area (Å²) in [6.45, 7) is 4.26. The fourth-order valence-electron chi connectivity index (χ4n) is 3.49. The molecule has 0 saturated carbocycles. The molecule has 0 N–H and O–H groups in total. The Morgan fingerprint density at radius 3 is 2.84 bits per heavy atom. The van der Waals surface area contributed by atoms with Crippen molar-refractivity contribution < 1.29 is 9.57 Å². The molecular weight excluding hydrogens is 414 g/mol. The minimum absolute atomic E-state index is 0.139. The fraction of sp³-hybridized carbons (Fsp3) is 0.190. The standard InChI is InChI=1S/C21H19N7O2S/c1-13-14(2)28(21-22-8-9-31-21)19-18(13)20-25-17(26-27(20)12-23-19)11-30-24-10-15-6-4-5-7-16(15)29-3/h4-10,12H,11H2,1-3H3/b24-10+. The summed E-state index contributed by atoms with van der Waals surface area (Å²) in [5, 5.41) is 12.3. The van der Waals surface area contributed by atoms with E-state index in [0.29, 0.717) is 5.82 Å². The van der Waals surface area contributed by atoms with Crippen molar-refractivity contribution in [1.82, 2.24) is 29.1 Å². The lowest BCUT2D eigenvalue weighted by atomic mass is 10.2. The SMILES string of the molecule is COc1ccccc1/C=N/OCc1nc2c3c(C)c(C)n(-c4nccs4)c3ncn2n1. The topological polar surface area (TPSA) is 91.7 Å². The van der Waals surface area contributed by atoms with Gasteiger partial charge in [-0.3, -0.25) is 4.57 Å². The van der Waals surface area contributed by atoms with Crippen LogP contribution in [0.4, 0.5) is 0 Å².